The average molecular weight is 737 g/mol. The SMILES string of the molecule is CC(=O)N(CCC(c1ccc(Cl)c(Cl)c1)P(=O)(OCOC(=O)C(C)(C)C)OCOC(=O)C(C)(C)C)OCc1ccc(-c2ccccc2)cc1. The van der Waals surface area contributed by atoms with Crippen molar-refractivity contribution in [2.24, 2.45) is 10.8 Å². The molecular formula is C36H44Cl2NO9P. The second-order valence-corrected chi connectivity index (χ2v) is 16.4. The molecule has 3 aromatic carbocycles. The topological polar surface area (TPSA) is 118 Å². The van der Waals surface area contributed by atoms with E-state index in [1.807, 2.05) is 54.6 Å². The molecule has 0 aromatic heterocycles. The summed E-state index contributed by atoms with van der Waals surface area (Å²) in [7, 11) is -4.35. The van der Waals surface area contributed by atoms with E-state index in [4.69, 9.17) is 46.6 Å². The number of amides is 1. The van der Waals surface area contributed by atoms with Gasteiger partial charge < -0.3 is 9.47 Å². The fourth-order valence-electron chi connectivity index (χ4n) is 4.31. The van der Waals surface area contributed by atoms with Gasteiger partial charge in [0.1, 0.15) is 6.61 Å². The molecule has 13 heteroatoms. The van der Waals surface area contributed by atoms with Gasteiger partial charge in [0.05, 0.1) is 26.5 Å². The summed E-state index contributed by atoms with van der Waals surface area (Å²) < 4.78 is 36.5. The normalized spacial score (nSPS) is 12.7. The van der Waals surface area contributed by atoms with Crippen LogP contribution in [-0.2, 0) is 48.9 Å². The monoisotopic (exact) mass is 735 g/mol. The van der Waals surface area contributed by atoms with Crippen molar-refractivity contribution in [3.05, 3.63) is 94.0 Å². The van der Waals surface area contributed by atoms with Gasteiger partial charge in [0.2, 0.25) is 19.5 Å². The maximum atomic E-state index is 14.6. The summed E-state index contributed by atoms with van der Waals surface area (Å²) in [6, 6.07) is 22.3. The second-order valence-electron chi connectivity index (χ2n) is 13.3. The van der Waals surface area contributed by atoms with Gasteiger partial charge in [0.15, 0.2) is 0 Å². The standard InChI is InChI=1S/C36H44Cl2NO9P/c1-25(40)39(46-22-26-13-15-28(16-14-26)27-11-9-8-10-12-27)20-19-32(29-17-18-30(37)31(38)21-29)49(43,47-23-44-33(41)35(2,3)4)48-24-45-34(42)36(5,6)7/h8-18,21,32H,19-20,22-24H2,1-7H3. The Morgan fingerprint density at radius 2 is 1.29 bits per heavy atom. The Morgan fingerprint density at radius 1 is 0.755 bits per heavy atom. The molecule has 0 N–H and O–H groups in total. The zero-order valence-electron chi connectivity index (χ0n) is 28.9. The minimum Gasteiger partial charge on any atom is -0.438 e. The number of hydrogen-bond acceptors (Lipinski definition) is 9. The lowest BCUT2D eigenvalue weighted by atomic mass is 9.98. The lowest BCUT2D eigenvalue weighted by Gasteiger charge is -2.30. The van der Waals surface area contributed by atoms with Gasteiger partial charge in [-0.25, -0.2) is 5.06 Å². The third-order valence-electron chi connectivity index (χ3n) is 7.19. The van der Waals surface area contributed by atoms with Crippen LogP contribution in [0.25, 0.3) is 11.1 Å². The van der Waals surface area contributed by atoms with Crippen LogP contribution < -0.4 is 0 Å². The summed E-state index contributed by atoms with van der Waals surface area (Å²) in [6.45, 7) is 9.88. The number of esters is 2. The summed E-state index contributed by atoms with van der Waals surface area (Å²) in [4.78, 5) is 43.5. The molecule has 10 nitrogen and oxygen atoms in total. The van der Waals surface area contributed by atoms with Crippen molar-refractivity contribution in [1.29, 1.82) is 0 Å². The van der Waals surface area contributed by atoms with Gasteiger partial charge in [-0.15, -0.1) is 0 Å². The largest absolute Gasteiger partial charge is 0.438 e. The van der Waals surface area contributed by atoms with Crippen molar-refractivity contribution >= 4 is 48.6 Å². The summed E-state index contributed by atoms with van der Waals surface area (Å²) >= 11 is 12.5. The van der Waals surface area contributed by atoms with Gasteiger partial charge in [0.25, 0.3) is 0 Å². The van der Waals surface area contributed by atoms with E-state index in [0.29, 0.717) is 5.56 Å². The molecule has 49 heavy (non-hydrogen) atoms. The first kappa shape index (κ1) is 40.2. The van der Waals surface area contributed by atoms with Crippen LogP contribution in [0.4, 0.5) is 0 Å². The number of benzene rings is 3. The minimum absolute atomic E-state index is 0.0256. The summed E-state index contributed by atoms with van der Waals surface area (Å²) in [6.07, 6.45) is -0.0256. The molecule has 0 aliphatic carbocycles. The van der Waals surface area contributed by atoms with Gasteiger partial charge in [-0.05, 0) is 82.3 Å². The van der Waals surface area contributed by atoms with Gasteiger partial charge in [-0.3, -0.25) is 32.8 Å². The third-order valence-corrected chi connectivity index (χ3v) is 10.2. The molecule has 0 saturated carbocycles. The van der Waals surface area contributed by atoms with Crippen molar-refractivity contribution in [2.75, 3.05) is 20.1 Å². The second kappa shape index (κ2) is 17.6. The lowest BCUT2D eigenvalue weighted by molar-refractivity contribution is -0.189. The first-order valence-electron chi connectivity index (χ1n) is 15.6. The Kier molecular flexibility index (Phi) is 14.4. The van der Waals surface area contributed by atoms with Crippen LogP contribution in [0.3, 0.4) is 0 Å². The lowest BCUT2D eigenvalue weighted by Crippen LogP contribution is -2.31. The van der Waals surface area contributed by atoms with E-state index < -0.39 is 55.5 Å². The Hall–Kier alpha value is -3.24. The number of carbonyl (C=O) groups excluding carboxylic acids is 3. The van der Waals surface area contributed by atoms with Crippen LogP contribution in [0, 0.1) is 10.8 Å². The van der Waals surface area contributed by atoms with E-state index in [9.17, 15) is 18.9 Å². The van der Waals surface area contributed by atoms with Crippen LogP contribution >= 0.6 is 30.8 Å². The van der Waals surface area contributed by atoms with Crippen LogP contribution in [-0.4, -0.2) is 43.0 Å². The van der Waals surface area contributed by atoms with Crippen molar-refractivity contribution in [3.63, 3.8) is 0 Å². The van der Waals surface area contributed by atoms with E-state index >= 15 is 0 Å². The zero-order valence-corrected chi connectivity index (χ0v) is 31.3. The Balaban J connectivity index is 1.85. The number of carbonyl (C=O) groups is 3. The molecule has 266 valence electrons. The molecular weight excluding hydrogens is 692 g/mol. The molecule has 0 aliphatic rings. The van der Waals surface area contributed by atoms with E-state index in [2.05, 4.69) is 0 Å². The predicted molar refractivity (Wildman–Crippen MR) is 188 cm³/mol. The first-order valence-corrected chi connectivity index (χ1v) is 18.0. The number of hydroxylamine groups is 2. The number of hydrogen-bond donors (Lipinski definition) is 0. The molecule has 1 amide bonds. The molecule has 0 heterocycles. The molecule has 0 fully saturated rings. The highest BCUT2D eigenvalue weighted by Gasteiger charge is 2.40. The molecule has 3 rings (SSSR count). The van der Waals surface area contributed by atoms with E-state index in [1.165, 1.54) is 19.1 Å². The average Bonchev–Trinajstić information content (AvgIpc) is 3.03. The highest BCUT2D eigenvalue weighted by atomic mass is 35.5. The van der Waals surface area contributed by atoms with Gasteiger partial charge >= 0.3 is 19.5 Å². The summed E-state index contributed by atoms with van der Waals surface area (Å²) in [5.41, 5.74) is 0.507. The number of ether oxygens (including phenoxy) is 2. The highest BCUT2D eigenvalue weighted by Crippen LogP contribution is 2.63. The van der Waals surface area contributed by atoms with Crippen LogP contribution in [0.5, 0.6) is 0 Å². The maximum absolute atomic E-state index is 14.6. The quantitative estimate of drug-likeness (QED) is 0.0651. The van der Waals surface area contributed by atoms with Crippen LogP contribution in [0.2, 0.25) is 10.0 Å². The Bertz CT molecular complexity index is 1580. The Morgan fingerprint density at radius 3 is 1.78 bits per heavy atom. The van der Waals surface area contributed by atoms with Crippen molar-refractivity contribution < 1.29 is 42.3 Å². The summed E-state index contributed by atoms with van der Waals surface area (Å²) in [5.74, 6) is -1.60. The molecule has 0 saturated heterocycles. The highest BCUT2D eigenvalue weighted by molar-refractivity contribution is 7.54. The van der Waals surface area contributed by atoms with Gasteiger partial charge in [0, 0.05) is 13.5 Å². The van der Waals surface area contributed by atoms with Crippen molar-refractivity contribution in [2.45, 2.75) is 67.2 Å². The van der Waals surface area contributed by atoms with E-state index in [0.717, 1.165) is 21.8 Å². The molecule has 0 bridgehead atoms. The summed E-state index contributed by atoms with van der Waals surface area (Å²) in [5, 5.41) is 1.58. The third kappa shape index (κ3) is 12.2. The fraction of sp³-hybridized carbons (Fsp3) is 0.417. The molecule has 1 unspecified atom stereocenters. The smallest absolute Gasteiger partial charge is 0.343 e. The Labute approximate surface area is 298 Å². The number of nitrogens with zero attached hydrogens (tertiary/aromatic N) is 1. The van der Waals surface area contributed by atoms with Crippen molar-refractivity contribution in [1.82, 2.24) is 5.06 Å². The molecule has 1 atom stereocenters. The molecule has 3 aromatic rings. The van der Waals surface area contributed by atoms with Gasteiger partial charge in [-0.1, -0.05) is 83.9 Å². The maximum Gasteiger partial charge on any atom is 0.343 e. The van der Waals surface area contributed by atoms with E-state index in [-0.39, 0.29) is 29.6 Å². The first-order chi connectivity index (χ1) is 22.9. The molecule has 0 spiro atoms. The zero-order chi connectivity index (χ0) is 36.4. The van der Waals surface area contributed by atoms with Crippen molar-refractivity contribution in [3.8, 4) is 11.1 Å². The van der Waals surface area contributed by atoms with Crippen LogP contribution in [0.1, 0.15) is 71.7 Å². The van der Waals surface area contributed by atoms with E-state index in [1.54, 1.807) is 47.6 Å². The molecule has 0 aliphatic heterocycles. The molecule has 0 radical (unpaired) electrons. The number of rotatable bonds is 15. The predicted octanol–water partition coefficient (Wildman–Crippen LogP) is 9.39. The van der Waals surface area contributed by atoms with Gasteiger partial charge in [-0.2, -0.15) is 0 Å². The minimum atomic E-state index is -4.35. The fourth-order valence-corrected chi connectivity index (χ4v) is 6.41. The van der Waals surface area contributed by atoms with Crippen LogP contribution in [0.15, 0.2) is 72.8 Å². The number of halogens is 2.